The van der Waals surface area contributed by atoms with Crippen LogP contribution in [-0.4, -0.2) is 15.5 Å². The maximum absolute atomic E-state index is 12.6. The van der Waals surface area contributed by atoms with Gasteiger partial charge in [0.1, 0.15) is 0 Å². The van der Waals surface area contributed by atoms with E-state index in [1.54, 1.807) is 10.6 Å². The normalized spacial score (nSPS) is 10.9. The maximum Gasteiger partial charge on any atom is 0.262 e. The molecule has 0 bridgehead atoms. The highest BCUT2D eigenvalue weighted by molar-refractivity contribution is 7.71. The average molecular weight is 382 g/mol. The first-order chi connectivity index (χ1) is 13.0. The van der Waals surface area contributed by atoms with E-state index in [0.717, 1.165) is 36.0 Å². The SMILES string of the molecule is Cc1ccc(NC(=O)CCCCCn2c(=S)[nH]c3ccccc3c2=O)cc1. The first-order valence-electron chi connectivity index (χ1n) is 9.13. The summed E-state index contributed by atoms with van der Waals surface area (Å²) in [6.45, 7) is 2.57. The molecule has 0 saturated carbocycles. The number of fused-ring (bicyclic) bond motifs is 1. The molecule has 1 heterocycles. The van der Waals surface area contributed by atoms with Crippen molar-refractivity contribution in [3.63, 3.8) is 0 Å². The minimum absolute atomic E-state index is 0.0130. The van der Waals surface area contributed by atoms with Crippen LogP contribution in [0.25, 0.3) is 10.9 Å². The van der Waals surface area contributed by atoms with Crippen LogP contribution >= 0.6 is 12.2 Å². The number of rotatable bonds is 7. The molecule has 27 heavy (non-hydrogen) atoms. The fourth-order valence-corrected chi connectivity index (χ4v) is 3.28. The van der Waals surface area contributed by atoms with Gasteiger partial charge in [-0.05, 0) is 56.2 Å². The number of hydrogen-bond donors (Lipinski definition) is 2. The van der Waals surface area contributed by atoms with E-state index >= 15 is 0 Å². The second-order valence-electron chi connectivity index (χ2n) is 6.66. The monoisotopic (exact) mass is 381 g/mol. The third kappa shape index (κ3) is 4.92. The zero-order valence-electron chi connectivity index (χ0n) is 15.3. The summed E-state index contributed by atoms with van der Waals surface area (Å²) in [4.78, 5) is 27.7. The largest absolute Gasteiger partial charge is 0.332 e. The van der Waals surface area contributed by atoms with Crippen molar-refractivity contribution >= 4 is 34.7 Å². The molecule has 1 amide bonds. The molecule has 3 aromatic rings. The number of aryl methyl sites for hydroxylation is 1. The van der Waals surface area contributed by atoms with E-state index in [1.807, 2.05) is 49.4 Å². The van der Waals surface area contributed by atoms with Gasteiger partial charge in [0, 0.05) is 18.7 Å². The van der Waals surface area contributed by atoms with Gasteiger partial charge in [0.15, 0.2) is 4.77 Å². The van der Waals surface area contributed by atoms with Gasteiger partial charge >= 0.3 is 0 Å². The molecule has 0 aliphatic rings. The zero-order chi connectivity index (χ0) is 19.2. The number of para-hydroxylation sites is 1. The average Bonchev–Trinajstić information content (AvgIpc) is 2.65. The topological polar surface area (TPSA) is 66.9 Å². The Morgan fingerprint density at radius 3 is 2.59 bits per heavy atom. The third-order valence-electron chi connectivity index (χ3n) is 4.51. The molecular weight excluding hydrogens is 358 g/mol. The Hall–Kier alpha value is -2.73. The maximum atomic E-state index is 12.6. The highest BCUT2D eigenvalue weighted by Crippen LogP contribution is 2.11. The lowest BCUT2D eigenvalue weighted by molar-refractivity contribution is -0.116. The summed E-state index contributed by atoms with van der Waals surface area (Å²) in [5, 5.41) is 3.54. The summed E-state index contributed by atoms with van der Waals surface area (Å²) in [6.07, 6.45) is 2.90. The molecule has 6 heteroatoms. The summed E-state index contributed by atoms with van der Waals surface area (Å²) in [6, 6.07) is 15.1. The second-order valence-corrected chi connectivity index (χ2v) is 7.04. The van der Waals surface area contributed by atoms with Crippen molar-refractivity contribution in [2.24, 2.45) is 0 Å². The summed E-state index contributed by atoms with van der Waals surface area (Å²) >= 11 is 5.31. The molecule has 5 nitrogen and oxygen atoms in total. The molecule has 140 valence electrons. The Labute approximate surface area is 163 Å². The molecular formula is C21H23N3O2S. The number of H-pyrrole nitrogens is 1. The van der Waals surface area contributed by atoms with E-state index in [-0.39, 0.29) is 11.5 Å². The molecule has 0 aliphatic carbocycles. The summed E-state index contributed by atoms with van der Waals surface area (Å²) < 4.78 is 2.04. The number of nitrogens with one attached hydrogen (secondary N) is 2. The fraction of sp³-hybridized carbons (Fsp3) is 0.286. The van der Waals surface area contributed by atoms with Gasteiger partial charge in [0.2, 0.25) is 5.91 Å². The lowest BCUT2D eigenvalue weighted by atomic mass is 10.1. The van der Waals surface area contributed by atoms with Gasteiger partial charge in [0.25, 0.3) is 5.56 Å². The number of carbonyl (C=O) groups is 1. The Balaban J connectivity index is 1.48. The molecule has 3 rings (SSSR count). The van der Waals surface area contributed by atoms with Crippen LogP contribution in [0, 0.1) is 11.7 Å². The Morgan fingerprint density at radius 1 is 1.07 bits per heavy atom. The molecule has 0 aliphatic heterocycles. The highest BCUT2D eigenvalue weighted by atomic mass is 32.1. The van der Waals surface area contributed by atoms with Crippen molar-refractivity contribution in [1.82, 2.24) is 9.55 Å². The predicted molar refractivity (Wildman–Crippen MR) is 112 cm³/mol. The molecule has 0 atom stereocenters. The van der Waals surface area contributed by atoms with Crippen molar-refractivity contribution in [3.05, 3.63) is 69.2 Å². The minimum Gasteiger partial charge on any atom is -0.332 e. The smallest absolute Gasteiger partial charge is 0.262 e. The molecule has 0 fully saturated rings. The number of anilines is 1. The van der Waals surface area contributed by atoms with E-state index in [4.69, 9.17) is 12.2 Å². The summed E-state index contributed by atoms with van der Waals surface area (Å²) in [5.74, 6) is 0.0130. The van der Waals surface area contributed by atoms with Crippen LogP contribution in [0.3, 0.4) is 0 Å². The number of aromatic nitrogens is 2. The van der Waals surface area contributed by atoms with Gasteiger partial charge in [-0.1, -0.05) is 36.2 Å². The lowest BCUT2D eigenvalue weighted by Crippen LogP contribution is -2.22. The number of nitrogens with zero attached hydrogens (tertiary/aromatic N) is 1. The first kappa shape index (κ1) is 19.0. The predicted octanol–water partition coefficient (Wildman–Crippen LogP) is 4.57. The fourth-order valence-electron chi connectivity index (χ4n) is 2.99. The molecule has 1 aromatic heterocycles. The van der Waals surface area contributed by atoms with E-state index in [9.17, 15) is 9.59 Å². The number of amides is 1. The summed E-state index contributed by atoms with van der Waals surface area (Å²) in [7, 11) is 0. The van der Waals surface area contributed by atoms with Gasteiger partial charge in [0.05, 0.1) is 10.9 Å². The van der Waals surface area contributed by atoms with Crippen molar-refractivity contribution in [3.8, 4) is 0 Å². The summed E-state index contributed by atoms with van der Waals surface area (Å²) in [5.41, 5.74) is 2.68. The van der Waals surface area contributed by atoms with Gasteiger partial charge in [-0.2, -0.15) is 0 Å². The van der Waals surface area contributed by atoms with Crippen LogP contribution in [0.5, 0.6) is 0 Å². The Kier molecular flexibility index (Phi) is 6.19. The van der Waals surface area contributed by atoms with Crippen LogP contribution in [0.2, 0.25) is 0 Å². The van der Waals surface area contributed by atoms with Crippen molar-refractivity contribution < 1.29 is 4.79 Å². The van der Waals surface area contributed by atoms with E-state index in [0.29, 0.717) is 23.1 Å². The Bertz CT molecular complexity index is 1050. The van der Waals surface area contributed by atoms with E-state index in [1.165, 1.54) is 0 Å². The van der Waals surface area contributed by atoms with Gasteiger partial charge in [-0.25, -0.2) is 0 Å². The molecule has 0 unspecified atom stereocenters. The van der Waals surface area contributed by atoms with Crippen molar-refractivity contribution in [2.45, 2.75) is 39.2 Å². The van der Waals surface area contributed by atoms with Crippen LogP contribution in [0.4, 0.5) is 5.69 Å². The third-order valence-corrected chi connectivity index (χ3v) is 4.83. The molecule has 2 aromatic carbocycles. The lowest BCUT2D eigenvalue weighted by Gasteiger charge is -2.08. The number of hydrogen-bond acceptors (Lipinski definition) is 3. The van der Waals surface area contributed by atoms with Crippen molar-refractivity contribution in [2.75, 3.05) is 5.32 Å². The standard InChI is InChI=1S/C21H23N3O2S/c1-15-10-12-16(13-11-15)22-19(25)9-3-2-6-14-24-20(26)17-7-4-5-8-18(17)23-21(24)27/h4-5,7-8,10-13H,2-3,6,9,14H2,1H3,(H,22,25)(H,23,27). The number of benzene rings is 2. The first-order valence-corrected chi connectivity index (χ1v) is 9.54. The van der Waals surface area contributed by atoms with E-state index in [2.05, 4.69) is 10.3 Å². The van der Waals surface area contributed by atoms with E-state index < -0.39 is 0 Å². The highest BCUT2D eigenvalue weighted by Gasteiger charge is 2.06. The number of unbranched alkanes of at least 4 members (excludes halogenated alkanes) is 2. The van der Waals surface area contributed by atoms with Crippen LogP contribution in [0.1, 0.15) is 31.2 Å². The zero-order valence-corrected chi connectivity index (χ0v) is 16.1. The van der Waals surface area contributed by atoms with Crippen LogP contribution in [-0.2, 0) is 11.3 Å². The minimum atomic E-state index is -0.0635. The van der Waals surface area contributed by atoms with Gasteiger partial charge < -0.3 is 10.3 Å². The molecule has 0 radical (unpaired) electrons. The number of carbonyl (C=O) groups excluding carboxylic acids is 1. The van der Waals surface area contributed by atoms with Gasteiger partial charge in [-0.15, -0.1) is 0 Å². The molecule has 0 saturated heterocycles. The molecule has 0 spiro atoms. The Morgan fingerprint density at radius 2 is 1.81 bits per heavy atom. The van der Waals surface area contributed by atoms with Crippen molar-refractivity contribution in [1.29, 1.82) is 0 Å². The van der Waals surface area contributed by atoms with Crippen LogP contribution < -0.4 is 10.9 Å². The quantitative estimate of drug-likeness (QED) is 0.465. The number of aromatic amines is 1. The van der Waals surface area contributed by atoms with Gasteiger partial charge in [-0.3, -0.25) is 14.2 Å². The van der Waals surface area contributed by atoms with Crippen LogP contribution in [0.15, 0.2) is 53.3 Å². The second kappa shape index (κ2) is 8.77. The molecule has 2 N–H and O–H groups in total.